The minimum absolute atomic E-state index is 0.196. The summed E-state index contributed by atoms with van der Waals surface area (Å²) in [7, 11) is 0. The third kappa shape index (κ3) is 4.33. The number of hydrogen-bond donors (Lipinski definition) is 0. The predicted octanol–water partition coefficient (Wildman–Crippen LogP) is 15.3. The van der Waals surface area contributed by atoms with Crippen LogP contribution in [-0.2, 0) is 10.8 Å². The van der Waals surface area contributed by atoms with E-state index in [4.69, 9.17) is 9.97 Å². The summed E-state index contributed by atoms with van der Waals surface area (Å²) in [6, 6.07) is 54.8. The molecule has 2 nitrogen and oxygen atoms in total. The molecule has 282 valence electrons. The summed E-state index contributed by atoms with van der Waals surface area (Å²) in [5.41, 5.74) is 15.3. The number of pyridine rings is 2. The van der Waals surface area contributed by atoms with Crippen molar-refractivity contribution in [2.45, 2.75) is 38.5 Å². The van der Waals surface area contributed by atoms with E-state index in [1.165, 1.54) is 121 Å². The van der Waals surface area contributed by atoms with E-state index in [-0.39, 0.29) is 10.8 Å². The first kappa shape index (κ1) is 33.8. The van der Waals surface area contributed by atoms with Crippen LogP contribution >= 0.6 is 0 Å². The zero-order chi connectivity index (χ0) is 40.1. The maximum Gasteiger partial charge on any atom is 0.0353 e. The van der Waals surface area contributed by atoms with E-state index in [0.717, 1.165) is 10.8 Å². The van der Waals surface area contributed by atoms with E-state index in [2.05, 4.69) is 186 Å². The molecular formula is C58H40N2. The monoisotopic (exact) mass is 764 g/mol. The van der Waals surface area contributed by atoms with Crippen LogP contribution in [0.15, 0.2) is 170 Å². The van der Waals surface area contributed by atoms with Crippen molar-refractivity contribution < 1.29 is 0 Å². The number of hydrogen-bond acceptors (Lipinski definition) is 2. The molecule has 13 rings (SSSR count). The Morgan fingerprint density at radius 1 is 0.300 bits per heavy atom. The van der Waals surface area contributed by atoms with E-state index in [0.29, 0.717) is 0 Å². The molecule has 0 spiro atoms. The van der Waals surface area contributed by atoms with E-state index >= 15 is 0 Å². The molecule has 0 saturated heterocycles. The fourth-order valence-electron chi connectivity index (χ4n) is 11.6. The minimum atomic E-state index is -0.196. The van der Waals surface area contributed by atoms with Crippen LogP contribution in [-0.4, -0.2) is 9.97 Å². The van der Waals surface area contributed by atoms with Crippen LogP contribution in [0.2, 0.25) is 0 Å². The molecule has 0 unspecified atom stereocenters. The molecule has 2 heteroatoms. The Labute approximate surface area is 348 Å². The molecule has 2 aromatic heterocycles. The highest BCUT2D eigenvalue weighted by Crippen LogP contribution is 2.56. The van der Waals surface area contributed by atoms with Gasteiger partial charge in [-0.15, -0.1) is 0 Å². The molecule has 0 fully saturated rings. The fraction of sp³-hybridized carbons (Fsp3) is 0.103. The van der Waals surface area contributed by atoms with Gasteiger partial charge in [0.15, 0.2) is 0 Å². The number of nitrogens with zero attached hydrogens (tertiary/aromatic N) is 2. The van der Waals surface area contributed by atoms with Crippen LogP contribution in [0.25, 0.3) is 109 Å². The van der Waals surface area contributed by atoms with Crippen molar-refractivity contribution in [2.24, 2.45) is 0 Å². The first-order valence-corrected chi connectivity index (χ1v) is 21.1. The van der Waals surface area contributed by atoms with E-state index in [1.54, 1.807) is 0 Å². The van der Waals surface area contributed by atoms with Gasteiger partial charge in [-0.2, -0.15) is 0 Å². The molecule has 9 aromatic carbocycles. The van der Waals surface area contributed by atoms with Gasteiger partial charge in [0.05, 0.1) is 0 Å². The van der Waals surface area contributed by atoms with Crippen molar-refractivity contribution in [3.05, 3.63) is 193 Å². The average Bonchev–Trinajstić information content (AvgIpc) is 3.67. The Morgan fingerprint density at radius 3 is 1.18 bits per heavy atom. The quantitative estimate of drug-likeness (QED) is 0.129. The molecule has 0 N–H and O–H groups in total. The Morgan fingerprint density at radius 2 is 0.717 bits per heavy atom. The fourth-order valence-corrected chi connectivity index (χ4v) is 11.6. The molecule has 0 amide bonds. The van der Waals surface area contributed by atoms with Gasteiger partial charge in [-0.3, -0.25) is 9.97 Å². The maximum atomic E-state index is 4.86. The molecule has 0 radical (unpaired) electrons. The van der Waals surface area contributed by atoms with E-state index in [1.807, 2.05) is 12.4 Å². The maximum absolute atomic E-state index is 4.86. The molecule has 11 aromatic rings. The van der Waals surface area contributed by atoms with Gasteiger partial charge < -0.3 is 0 Å². The van der Waals surface area contributed by atoms with Gasteiger partial charge in [-0.1, -0.05) is 149 Å². The molecule has 0 bridgehead atoms. The summed E-state index contributed by atoms with van der Waals surface area (Å²) in [4.78, 5) is 9.71. The highest BCUT2D eigenvalue weighted by Gasteiger charge is 2.39. The lowest BCUT2D eigenvalue weighted by molar-refractivity contribution is 0.666. The van der Waals surface area contributed by atoms with Crippen molar-refractivity contribution in [1.82, 2.24) is 9.97 Å². The second kappa shape index (κ2) is 11.7. The second-order valence-corrected chi connectivity index (χ2v) is 18.1. The Kier molecular flexibility index (Phi) is 6.61. The Bertz CT molecular complexity index is 3460. The molecule has 2 aliphatic carbocycles. The van der Waals surface area contributed by atoms with Crippen molar-refractivity contribution in [1.29, 1.82) is 0 Å². The van der Waals surface area contributed by atoms with Crippen LogP contribution in [0.3, 0.4) is 0 Å². The van der Waals surface area contributed by atoms with Gasteiger partial charge >= 0.3 is 0 Å². The van der Waals surface area contributed by atoms with Crippen molar-refractivity contribution in [2.75, 3.05) is 0 Å². The second-order valence-electron chi connectivity index (χ2n) is 18.1. The summed E-state index contributed by atoms with van der Waals surface area (Å²) in [6.45, 7) is 9.62. The Hall–Kier alpha value is -7.16. The molecule has 60 heavy (non-hydrogen) atoms. The lowest BCUT2D eigenvalue weighted by atomic mass is 9.76. The summed E-state index contributed by atoms with van der Waals surface area (Å²) in [6.07, 6.45) is 8.16. The number of fused-ring (bicyclic) bond motifs is 16. The van der Waals surface area contributed by atoms with Crippen LogP contribution in [0.4, 0.5) is 0 Å². The summed E-state index contributed by atoms with van der Waals surface area (Å²) < 4.78 is 0. The van der Waals surface area contributed by atoms with Crippen molar-refractivity contribution in [3.8, 4) is 44.5 Å². The van der Waals surface area contributed by atoms with Gasteiger partial charge in [0.1, 0.15) is 0 Å². The van der Waals surface area contributed by atoms with Gasteiger partial charge in [-0.05, 0) is 134 Å². The highest BCUT2D eigenvalue weighted by molar-refractivity contribution is 6.26. The van der Waals surface area contributed by atoms with Gasteiger partial charge in [0, 0.05) is 57.5 Å². The molecule has 0 atom stereocenters. The van der Waals surface area contributed by atoms with E-state index in [9.17, 15) is 0 Å². The zero-order valence-electron chi connectivity index (χ0n) is 34.1. The Balaban J connectivity index is 1.21. The molecule has 0 saturated carbocycles. The third-order valence-corrected chi connectivity index (χ3v) is 14.3. The first-order valence-electron chi connectivity index (χ1n) is 21.1. The van der Waals surface area contributed by atoms with Crippen molar-refractivity contribution >= 4 is 64.6 Å². The van der Waals surface area contributed by atoms with E-state index < -0.39 is 0 Å². The van der Waals surface area contributed by atoms with Crippen LogP contribution in [0.5, 0.6) is 0 Å². The molecule has 2 aliphatic rings. The smallest absolute Gasteiger partial charge is 0.0353 e. The topological polar surface area (TPSA) is 25.8 Å². The molecular weight excluding hydrogens is 725 g/mol. The highest BCUT2D eigenvalue weighted by atomic mass is 14.6. The zero-order valence-corrected chi connectivity index (χ0v) is 34.1. The lowest BCUT2D eigenvalue weighted by Gasteiger charge is -2.26. The third-order valence-electron chi connectivity index (χ3n) is 14.3. The number of aromatic nitrogens is 2. The number of benzene rings is 9. The van der Waals surface area contributed by atoms with Crippen molar-refractivity contribution in [3.63, 3.8) is 0 Å². The van der Waals surface area contributed by atoms with Gasteiger partial charge in [0.2, 0.25) is 0 Å². The molecule has 2 heterocycles. The average molecular weight is 765 g/mol. The van der Waals surface area contributed by atoms with Gasteiger partial charge in [0.25, 0.3) is 0 Å². The molecule has 0 aliphatic heterocycles. The predicted molar refractivity (Wildman–Crippen MR) is 253 cm³/mol. The van der Waals surface area contributed by atoms with Crippen LogP contribution in [0, 0.1) is 0 Å². The minimum Gasteiger partial charge on any atom is -0.263 e. The lowest BCUT2D eigenvalue weighted by Crippen LogP contribution is -2.16. The standard InChI is InChI=1S/C58H40N2/c1-57(2)51-19-11-9-17-39(51)43-23-21-41-45-25-36-28-48(50-32-60-30-34-14-6-8-16-38(34)50)54-42(22-24-44-40-18-10-12-20-52(40)58(3,4)56(44)54)46(36)26-35(45)27-47(53(41)55(43)57)49-31-59-29-33-13-5-7-15-37(33)49/h5-32H,1-4H3. The number of rotatable bonds is 2. The summed E-state index contributed by atoms with van der Waals surface area (Å²) in [5, 5.41) is 14.9. The largest absolute Gasteiger partial charge is 0.263 e. The normalized spacial score (nSPS) is 14.6. The van der Waals surface area contributed by atoms with Gasteiger partial charge in [-0.25, -0.2) is 0 Å². The first-order chi connectivity index (χ1) is 29.3. The summed E-state index contributed by atoms with van der Waals surface area (Å²) in [5.74, 6) is 0. The van der Waals surface area contributed by atoms with Crippen LogP contribution in [0.1, 0.15) is 49.9 Å². The SMILES string of the molecule is CC1(C)c2ccccc2-c2ccc3c(c(-c4cncc5ccccc45)cc4cc5c(cc(-c6cncc7ccccc67)c6c7c(ccc65)-c5ccccc5C7(C)C)cc43)c21. The van der Waals surface area contributed by atoms with Crippen LogP contribution < -0.4 is 0 Å². The summed E-state index contributed by atoms with van der Waals surface area (Å²) >= 11 is 0.